The van der Waals surface area contributed by atoms with Crippen LogP contribution in [0.2, 0.25) is 0 Å². The lowest BCUT2D eigenvalue weighted by Gasteiger charge is -2.07. The van der Waals surface area contributed by atoms with Crippen LogP contribution in [0.25, 0.3) is 0 Å². The summed E-state index contributed by atoms with van der Waals surface area (Å²) in [5, 5.41) is 4.32. The monoisotopic (exact) mass is 328 g/mol. The van der Waals surface area contributed by atoms with Gasteiger partial charge in [0, 0.05) is 12.9 Å². The van der Waals surface area contributed by atoms with E-state index >= 15 is 0 Å². The third-order valence-corrected chi connectivity index (χ3v) is 4.05. The lowest BCUT2D eigenvalue weighted by Crippen LogP contribution is -2.03. The average molecular weight is 330 g/mol. The van der Waals surface area contributed by atoms with Crippen molar-refractivity contribution in [3.05, 3.63) is 45.7 Å². The minimum Gasteiger partial charge on any atom is -0.487 e. The smallest absolute Gasteiger partial charge is 0.131 e. The van der Waals surface area contributed by atoms with Gasteiger partial charge in [-0.15, -0.1) is 11.6 Å². The first kappa shape index (κ1) is 13.4. The van der Waals surface area contributed by atoms with Crippen LogP contribution in [0.5, 0.6) is 5.75 Å². The third kappa shape index (κ3) is 2.87. The largest absolute Gasteiger partial charge is 0.487 e. The zero-order valence-corrected chi connectivity index (χ0v) is 12.6. The second kappa shape index (κ2) is 5.76. The number of hydrogen-bond acceptors (Lipinski definition) is 2. The highest BCUT2D eigenvalue weighted by atomic mass is 79.9. The molecular formula is C13H14BrClN2O. The molecule has 1 aromatic carbocycles. The van der Waals surface area contributed by atoms with Crippen LogP contribution in [0.15, 0.2) is 28.7 Å². The third-order valence-electron chi connectivity index (χ3n) is 2.71. The molecule has 0 aliphatic heterocycles. The van der Waals surface area contributed by atoms with Gasteiger partial charge in [-0.1, -0.05) is 12.1 Å². The minimum absolute atomic E-state index is 0.484. The second-order valence-electron chi connectivity index (χ2n) is 4.04. The van der Waals surface area contributed by atoms with E-state index in [1.165, 1.54) is 0 Å². The van der Waals surface area contributed by atoms with E-state index in [1.807, 2.05) is 42.9 Å². The SMILES string of the molecule is Cc1nn(C)c(COc2ccc(CCl)cc2)c1Br. The molecule has 0 amide bonds. The molecule has 0 spiro atoms. The number of rotatable bonds is 4. The maximum atomic E-state index is 5.74. The Morgan fingerprint density at radius 3 is 2.50 bits per heavy atom. The van der Waals surface area contributed by atoms with Crippen LogP contribution in [0, 0.1) is 6.92 Å². The Labute approximate surface area is 120 Å². The van der Waals surface area contributed by atoms with Crippen molar-refractivity contribution >= 4 is 27.5 Å². The molecule has 0 saturated carbocycles. The Morgan fingerprint density at radius 2 is 2.00 bits per heavy atom. The lowest BCUT2D eigenvalue weighted by atomic mass is 10.2. The number of hydrogen-bond donors (Lipinski definition) is 0. The average Bonchev–Trinajstić information content (AvgIpc) is 2.62. The molecule has 1 heterocycles. The first-order chi connectivity index (χ1) is 8.61. The van der Waals surface area contributed by atoms with Crippen LogP contribution in [0.4, 0.5) is 0 Å². The highest BCUT2D eigenvalue weighted by molar-refractivity contribution is 9.10. The first-order valence-electron chi connectivity index (χ1n) is 5.57. The van der Waals surface area contributed by atoms with E-state index in [2.05, 4.69) is 21.0 Å². The number of aromatic nitrogens is 2. The van der Waals surface area contributed by atoms with Crippen LogP contribution < -0.4 is 4.74 Å². The second-order valence-corrected chi connectivity index (χ2v) is 5.10. The van der Waals surface area contributed by atoms with Crippen molar-refractivity contribution in [3.63, 3.8) is 0 Å². The summed E-state index contributed by atoms with van der Waals surface area (Å²) in [7, 11) is 1.91. The zero-order chi connectivity index (χ0) is 13.1. The molecule has 0 aliphatic rings. The van der Waals surface area contributed by atoms with E-state index in [1.54, 1.807) is 0 Å². The molecule has 18 heavy (non-hydrogen) atoms. The van der Waals surface area contributed by atoms with E-state index in [-0.39, 0.29) is 0 Å². The standard InChI is InChI=1S/C13H14BrClN2O/c1-9-13(14)12(17(2)16-9)8-18-11-5-3-10(7-15)4-6-11/h3-6H,7-8H2,1-2H3. The fourth-order valence-electron chi connectivity index (χ4n) is 1.66. The summed E-state index contributed by atoms with van der Waals surface area (Å²) in [5.74, 6) is 1.35. The number of halogens is 2. The topological polar surface area (TPSA) is 27.1 Å². The van der Waals surface area contributed by atoms with Gasteiger partial charge in [0.15, 0.2) is 0 Å². The number of ether oxygens (including phenoxy) is 1. The van der Waals surface area contributed by atoms with Gasteiger partial charge < -0.3 is 4.74 Å². The lowest BCUT2D eigenvalue weighted by molar-refractivity contribution is 0.294. The van der Waals surface area contributed by atoms with Crippen molar-refractivity contribution in [2.24, 2.45) is 7.05 Å². The summed E-state index contributed by atoms with van der Waals surface area (Å²) in [6, 6.07) is 7.78. The van der Waals surface area contributed by atoms with E-state index in [4.69, 9.17) is 16.3 Å². The molecule has 96 valence electrons. The van der Waals surface area contributed by atoms with Gasteiger partial charge in [-0.3, -0.25) is 4.68 Å². The molecule has 0 saturated heterocycles. The summed E-state index contributed by atoms with van der Waals surface area (Å²) in [4.78, 5) is 0. The van der Waals surface area contributed by atoms with Gasteiger partial charge in [0.1, 0.15) is 12.4 Å². The Kier molecular flexibility index (Phi) is 4.30. The molecule has 5 heteroatoms. The normalized spacial score (nSPS) is 10.7. The van der Waals surface area contributed by atoms with E-state index in [9.17, 15) is 0 Å². The molecule has 0 fully saturated rings. The van der Waals surface area contributed by atoms with Crippen LogP contribution in [0.3, 0.4) is 0 Å². The Bertz CT molecular complexity index is 537. The van der Waals surface area contributed by atoms with Gasteiger partial charge in [0.2, 0.25) is 0 Å². The zero-order valence-electron chi connectivity index (χ0n) is 10.3. The van der Waals surface area contributed by atoms with Gasteiger partial charge >= 0.3 is 0 Å². The van der Waals surface area contributed by atoms with E-state index in [0.29, 0.717) is 12.5 Å². The van der Waals surface area contributed by atoms with Crippen LogP contribution >= 0.6 is 27.5 Å². The van der Waals surface area contributed by atoms with Crippen molar-refractivity contribution in [1.29, 1.82) is 0 Å². The Hall–Kier alpha value is -1.000. The molecule has 0 N–H and O–H groups in total. The molecule has 2 aromatic rings. The summed E-state index contributed by atoms with van der Waals surface area (Å²) in [6.45, 7) is 2.45. The maximum absolute atomic E-state index is 5.74. The number of aryl methyl sites for hydroxylation is 2. The molecule has 0 unspecified atom stereocenters. The summed E-state index contributed by atoms with van der Waals surface area (Å²) >= 11 is 9.25. The molecular weight excluding hydrogens is 316 g/mol. The van der Waals surface area contributed by atoms with Crippen LogP contribution in [-0.4, -0.2) is 9.78 Å². The number of alkyl halides is 1. The maximum Gasteiger partial charge on any atom is 0.131 e. The Morgan fingerprint density at radius 1 is 1.33 bits per heavy atom. The molecule has 0 radical (unpaired) electrons. The Balaban J connectivity index is 2.06. The summed E-state index contributed by atoms with van der Waals surface area (Å²) in [6.07, 6.45) is 0. The molecule has 1 aromatic heterocycles. The van der Waals surface area contributed by atoms with Gasteiger partial charge in [-0.05, 0) is 40.5 Å². The predicted molar refractivity (Wildman–Crippen MR) is 76.0 cm³/mol. The fourth-order valence-corrected chi connectivity index (χ4v) is 2.29. The molecule has 0 atom stereocenters. The highest BCUT2D eigenvalue weighted by Crippen LogP contribution is 2.22. The van der Waals surface area contributed by atoms with Crippen molar-refractivity contribution in [2.45, 2.75) is 19.4 Å². The van der Waals surface area contributed by atoms with E-state index < -0.39 is 0 Å². The van der Waals surface area contributed by atoms with Gasteiger partial charge in [-0.25, -0.2) is 0 Å². The quantitative estimate of drug-likeness (QED) is 0.798. The van der Waals surface area contributed by atoms with E-state index in [0.717, 1.165) is 27.2 Å². The molecule has 0 bridgehead atoms. The minimum atomic E-state index is 0.484. The van der Waals surface area contributed by atoms with Crippen molar-refractivity contribution in [3.8, 4) is 5.75 Å². The number of nitrogens with zero attached hydrogens (tertiary/aromatic N) is 2. The van der Waals surface area contributed by atoms with Gasteiger partial charge in [-0.2, -0.15) is 5.10 Å². The first-order valence-corrected chi connectivity index (χ1v) is 6.90. The molecule has 3 nitrogen and oxygen atoms in total. The van der Waals surface area contributed by atoms with Gasteiger partial charge in [0.25, 0.3) is 0 Å². The summed E-state index contributed by atoms with van der Waals surface area (Å²) < 4.78 is 8.56. The van der Waals surface area contributed by atoms with Crippen molar-refractivity contribution in [1.82, 2.24) is 9.78 Å². The van der Waals surface area contributed by atoms with Crippen molar-refractivity contribution < 1.29 is 4.74 Å². The highest BCUT2D eigenvalue weighted by Gasteiger charge is 2.10. The fraction of sp³-hybridized carbons (Fsp3) is 0.308. The number of benzene rings is 1. The van der Waals surface area contributed by atoms with Gasteiger partial charge in [0.05, 0.1) is 15.9 Å². The molecule has 2 rings (SSSR count). The van der Waals surface area contributed by atoms with Crippen LogP contribution in [-0.2, 0) is 19.5 Å². The predicted octanol–water partition coefficient (Wildman–Crippen LogP) is 3.81. The van der Waals surface area contributed by atoms with Crippen molar-refractivity contribution in [2.75, 3.05) is 0 Å². The van der Waals surface area contributed by atoms with Crippen LogP contribution in [0.1, 0.15) is 17.0 Å². The molecule has 0 aliphatic carbocycles. The summed E-state index contributed by atoms with van der Waals surface area (Å²) in [5.41, 5.74) is 3.07.